The van der Waals surface area contributed by atoms with Crippen molar-refractivity contribution in [2.45, 2.75) is 62.6 Å². The van der Waals surface area contributed by atoms with Gasteiger partial charge in [0.1, 0.15) is 12.2 Å². The molecule has 0 aromatic heterocycles. The third kappa shape index (κ3) is 7.90. The highest BCUT2D eigenvalue weighted by Gasteiger charge is 2.40. The first-order valence-electron chi connectivity index (χ1n) is 12.2. The van der Waals surface area contributed by atoms with Crippen LogP contribution in [0.4, 0.5) is 26.3 Å². The van der Waals surface area contributed by atoms with Gasteiger partial charge in [0.25, 0.3) is 0 Å². The summed E-state index contributed by atoms with van der Waals surface area (Å²) >= 11 is 0. The molecule has 2 aromatic carbocycles. The number of aliphatic hydroxyl groups is 4. The normalized spacial score (nSPS) is 23.1. The fraction of sp³-hybridized carbons (Fsp3) is 0.538. The van der Waals surface area contributed by atoms with Crippen LogP contribution in [0.3, 0.4) is 0 Å². The van der Waals surface area contributed by atoms with E-state index in [0.29, 0.717) is 43.7 Å². The van der Waals surface area contributed by atoms with E-state index in [9.17, 15) is 46.8 Å². The number of rotatable bonds is 10. The van der Waals surface area contributed by atoms with Gasteiger partial charge in [-0.05, 0) is 60.7 Å². The topological polar surface area (TPSA) is 93.4 Å². The van der Waals surface area contributed by atoms with Gasteiger partial charge in [-0.1, -0.05) is 24.3 Å². The van der Waals surface area contributed by atoms with Gasteiger partial charge in [0.05, 0.1) is 36.5 Å². The zero-order chi connectivity index (χ0) is 28.1. The van der Waals surface area contributed by atoms with Gasteiger partial charge in [0, 0.05) is 13.2 Å². The molecule has 0 spiro atoms. The van der Waals surface area contributed by atoms with Gasteiger partial charge >= 0.3 is 12.4 Å². The summed E-state index contributed by atoms with van der Waals surface area (Å²) in [5.41, 5.74) is -2.01. The molecule has 0 saturated carbocycles. The van der Waals surface area contributed by atoms with E-state index in [0.717, 1.165) is 6.42 Å². The van der Waals surface area contributed by atoms with Crippen molar-refractivity contribution in [2.24, 2.45) is 0 Å². The summed E-state index contributed by atoms with van der Waals surface area (Å²) in [5.74, 6) is 0. The van der Waals surface area contributed by atoms with E-state index in [1.165, 1.54) is 12.1 Å². The lowest BCUT2D eigenvalue weighted by Crippen LogP contribution is -2.62. The number of alkyl halides is 6. The summed E-state index contributed by atoms with van der Waals surface area (Å²) < 4.78 is 84.3. The third-order valence-electron chi connectivity index (χ3n) is 6.59. The van der Waals surface area contributed by atoms with Gasteiger partial charge in [-0.3, -0.25) is 4.90 Å². The van der Waals surface area contributed by atoms with Crippen LogP contribution in [0.15, 0.2) is 42.5 Å². The van der Waals surface area contributed by atoms with Crippen LogP contribution in [-0.4, -0.2) is 76.0 Å². The van der Waals surface area contributed by atoms with Crippen molar-refractivity contribution >= 4 is 0 Å². The highest BCUT2D eigenvalue weighted by atomic mass is 19.4. The Balaban J connectivity index is 1.46. The SMILES string of the molecule is OC[C@@H]1[C@@H](O)[C@H](O)[C@@H](O)CN1CCCCCOCc1ccc(-c2cc(C(F)(F)F)cc(C(F)(F)F)c2)cc1. The zero-order valence-electron chi connectivity index (χ0n) is 20.4. The smallest absolute Gasteiger partial charge is 0.395 e. The number of hydrogen-bond donors (Lipinski definition) is 4. The maximum atomic E-state index is 13.1. The molecule has 0 bridgehead atoms. The van der Waals surface area contributed by atoms with Crippen molar-refractivity contribution in [2.75, 3.05) is 26.3 Å². The first-order chi connectivity index (χ1) is 17.8. The van der Waals surface area contributed by atoms with Crippen molar-refractivity contribution in [1.82, 2.24) is 4.90 Å². The molecular weight excluding hydrogens is 520 g/mol. The number of β-amino-alcohol motifs (C(OH)–C–C–N with tert-alkyl or cyclic N) is 1. The number of hydrogen-bond acceptors (Lipinski definition) is 6. The number of benzene rings is 2. The molecular formula is C26H31F6NO5. The van der Waals surface area contributed by atoms with E-state index in [2.05, 4.69) is 0 Å². The van der Waals surface area contributed by atoms with Crippen molar-refractivity contribution in [3.63, 3.8) is 0 Å². The first kappa shape index (κ1) is 30.3. The third-order valence-corrected chi connectivity index (χ3v) is 6.59. The van der Waals surface area contributed by atoms with Crippen LogP contribution in [-0.2, 0) is 23.7 Å². The van der Waals surface area contributed by atoms with Crippen LogP contribution in [0, 0.1) is 0 Å². The molecule has 212 valence electrons. The monoisotopic (exact) mass is 551 g/mol. The Labute approximate surface area is 216 Å². The second-order valence-corrected chi connectivity index (χ2v) is 9.40. The summed E-state index contributed by atoms with van der Waals surface area (Å²) in [7, 11) is 0. The summed E-state index contributed by atoms with van der Waals surface area (Å²) in [6.45, 7) is 0.945. The minimum atomic E-state index is -4.91. The standard InChI is InChI=1S/C26H31F6NO5/c27-25(28,29)19-10-18(11-20(12-19)26(30,31)32)17-6-4-16(5-7-17)15-38-9-3-1-2-8-33-13-22(35)24(37)23(36)21(33)14-34/h4-7,10-12,21-24,34-37H,1-3,8-9,13-15H2/t21-,22+,23-,24-/m1/s1. The lowest BCUT2D eigenvalue weighted by Gasteiger charge is -2.43. The van der Waals surface area contributed by atoms with Crippen LogP contribution >= 0.6 is 0 Å². The summed E-state index contributed by atoms with van der Waals surface area (Å²) in [6, 6.07) is 6.89. The predicted octanol–water partition coefficient (Wildman–Crippen LogP) is 3.84. The van der Waals surface area contributed by atoms with Crippen molar-refractivity contribution in [1.29, 1.82) is 0 Å². The number of unbranched alkanes of at least 4 members (excludes halogenated alkanes) is 2. The van der Waals surface area contributed by atoms with Crippen molar-refractivity contribution in [3.8, 4) is 11.1 Å². The van der Waals surface area contributed by atoms with E-state index >= 15 is 0 Å². The lowest BCUT2D eigenvalue weighted by atomic mass is 9.94. The van der Waals surface area contributed by atoms with Crippen LogP contribution in [0.25, 0.3) is 11.1 Å². The number of nitrogens with zero attached hydrogens (tertiary/aromatic N) is 1. The van der Waals surface area contributed by atoms with Gasteiger partial charge in [-0.2, -0.15) is 26.3 Å². The van der Waals surface area contributed by atoms with Crippen LogP contribution < -0.4 is 0 Å². The largest absolute Gasteiger partial charge is 0.416 e. The van der Waals surface area contributed by atoms with E-state index in [1.54, 1.807) is 17.0 Å². The minimum absolute atomic E-state index is 0.0975. The maximum Gasteiger partial charge on any atom is 0.416 e. The molecule has 12 heteroatoms. The van der Waals surface area contributed by atoms with Crippen molar-refractivity contribution < 1.29 is 51.5 Å². The number of halogens is 6. The molecule has 1 aliphatic heterocycles. The Kier molecular flexibility index (Phi) is 10.2. The zero-order valence-corrected chi connectivity index (χ0v) is 20.4. The number of piperidine rings is 1. The average Bonchev–Trinajstić information content (AvgIpc) is 2.86. The van der Waals surface area contributed by atoms with Crippen LogP contribution in [0.1, 0.15) is 36.0 Å². The molecule has 1 saturated heterocycles. The van der Waals surface area contributed by atoms with E-state index in [1.807, 2.05) is 0 Å². The fourth-order valence-corrected chi connectivity index (χ4v) is 4.44. The van der Waals surface area contributed by atoms with E-state index in [4.69, 9.17) is 4.74 Å². The molecule has 0 amide bonds. The minimum Gasteiger partial charge on any atom is -0.395 e. The molecule has 3 rings (SSSR count). The van der Waals surface area contributed by atoms with Gasteiger partial charge < -0.3 is 25.2 Å². The molecule has 4 N–H and O–H groups in total. The van der Waals surface area contributed by atoms with Gasteiger partial charge in [0.2, 0.25) is 0 Å². The van der Waals surface area contributed by atoms with E-state index in [-0.39, 0.29) is 37.0 Å². The number of ether oxygens (including phenoxy) is 1. The van der Waals surface area contributed by atoms with Gasteiger partial charge in [-0.25, -0.2) is 0 Å². The van der Waals surface area contributed by atoms with Crippen LogP contribution in [0.5, 0.6) is 0 Å². The maximum absolute atomic E-state index is 13.1. The molecule has 0 aliphatic carbocycles. The molecule has 1 fully saturated rings. The van der Waals surface area contributed by atoms with E-state index < -0.39 is 47.8 Å². The van der Waals surface area contributed by atoms with Crippen molar-refractivity contribution in [3.05, 3.63) is 59.2 Å². The molecule has 4 atom stereocenters. The summed E-state index contributed by atoms with van der Waals surface area (Å²) in [6.07, 6.45) is -11.3. The average molecular weight is 552 g/mol. The molecule has 0 radical (unpaired) electrons. The highest BCUT2D eigenvalue weighted by Crippen LogP contribution is 2.38. The lowest BCUT2D eigenvalue weighted by molar-refractivity contribution is -0.145. The Hall–Kier alpha value is -2.22. The van der Waals surface area contributed by atoms with Gasteiger partial charge in [0.15, 0.2) is 0 Å². The summed E-state index contributed by atoms with van der Waals surface area (Å²) in [5, 5.41) is 39.1. The quantitative estimate of drug-likeness (QED) is 0.265. The second-order valence-electron chi connectivity index (χ2n) is 9.40. The number of aliphatic hydroxyl groups excluding tert-OH is 4. The molecule has 1 heterocycles. The van der Waals surface area contributed by atoms with Gasteiger partial charge in [-0.15, -0.1) is 0 Å². The molecule has 2 aromatic rings. The fourth-order valence-electron chi connectivity index (χ4n) is 4.44. The Bertz CT molecular complexity index is 998. The Morgan fingerprint density at radius 1 is 0.789 bits per heavy atom. The molecule has 38 heavy (non-hydrogen) atoms. The number of likely N-dealkylation sites (tertiary alicyclic amines) is 1. The summed E-state index contributed by atoms with van der Waals surface area (Å²) in [4.78, 5) is 1.74. The van der Waals surface area contributed by atoms with Crippen LogP contribution in [0.2, 0.25) is 0 Å². The Morgan fingerprint density at radius 2 is 1.39 bits per heavy atom. The molecule has 1 aliphatic rings. The first-order valence-corrected chi connectivity index (χ1v) is 12.2. The predicted molar refractivity (Wildman–Crippen MR) is 126 cm³/mol. The molecule has 6 nitrogen and oxygen atoms in total. The highest BCUT2D eigenvalue weighted by molar-refractivity contribution is 5.66. The second kappa shape index (κ2) is 12.8. The Morgan fingerprint density at radius 3 is 1.95 bits per heavy atom. The molecule has 0 unspecified atom stereocenters.